The van der Waals surface area contributed by atoms with Gasteiger partial charge < -0.3 is 9.84 Å². The van der Waals surface area contributed by atoms with Gasteiger partial charge in [-0.05, 0) is 43.0 Å². The molecule has 2 heteroatoms. The zero-order valence-electron chi connectivity index (χ0n) is 11.4. The van der Waals surface area contributed by atoms with Crippen LogP contribution in [0.4, 0.5) is 0 Å². The molecule has 102 valence electrons. The number of aromatic hydroxyl groups is 1. The van der Waals surface area contributed by atoms with Gasteiger partial charge in [0.25, 0.3) is 0 Å². The van der Waals surface area contributed by atoms with Crippen molar-refractivity contribution in [1.82, 2.24) is 0 Å². The fourth-order valence-electron chi connectivity index (χ4n) is 3.94. The minimum Gasteiger partial charge on any atom is -0.508 e. The molecule has 0 radical (unpaired) electrons. The smallest absolute Gasteiger partial charge is 0.124 e. The van der Waals surface area contributed by atoms with E-state index in [1.807, 2.05) is 6.07 Å². The molecule has 1 heterocycles. The van der Waals surface area contributed by atoms with Crippen LogP contribution in [0, 0.1) is 0 Å². The van der Waals surface area contributed by atoms with E-state index >= 15 is 0 Å². The predicted molar refractivity (Wildman–Crippen MR) is 78.2 cm³/mol. The van der Waals surface area contributed by atoms with Crippen molar-refractivity contribution in [3.63, 3.8) is 0 Å². The first-order valence-electron chi connectivity index (χ1n) is 7.36. The average Bonchev–Trinajstić information content (AvgIpc) is 2.83. The highest BCUT2D eigenvalue weighted by atomic mass is 16.5. The lowest BCUT2D eigenvalue weighted by atomic mass is 9.64. The molecule has 0 aromatic heterocycles. The first-order valence-corrected chi connectivity index (χ1v) is 7.36. The Bertz CT molecular complexity index is 632. The monoisotopic (exact) mass is 266 g/mol. The van der Waals surface area contributed by atoms with E-state index in [-0.39, 0.29) is 11.5 Å². The second-order valence-corrected chi connectivity index (χ2v) is 5.87. The highest BCUT2D eigenvalue weighted by Gasteiger charge is 2.50. The van der Waals surface area contributed by atoms with Crippen molar-refractivity contribution in [2.24, 2.45) is 0 Å². The van der Waals surface area contributed by atoms with Crippen LogP contribution in [0.25, 0.3) is 0 Å². The molecule has 1 fully saturated rings. The van der Waals surface area contributed by atoms with E-state index in [4.69, 9.17) is 4.74 Å². The second-order valence-electron chi connectivity index (χ2n) is 5.87. The van der Waals surface area contributed by atoms with E-state index in [0.717, 1.165) is 18.6 Å². The summed E-state index contributed by atoms with van der Waals surface area (Å²) in [4.78, 5) is 0. The number of ether oxygens (including phenoxy) is 1. The number of phenolic OH excluding ortho intramolecular Hbond substituents is 1. The van der Waals surface area contributed by atoms with Crippen LogP contribution < -0.4 is 4.74 Å². The summed E-state index contributed by atoms with van der Waals surface area (Å²) >= 11 is 0. The Kier molecular flexibility index (Phi) is 2.53. The fourth-order valence-corrected chi connectivity index (χ4v) is 3.94. The number of hydrogen-bond donors (Lipinski definition) is 1. The third kappa shape index (κ3) is 1.51. The molecule has 1 saturated carbocycles. The van der Waals surface area contributed by atoms with Gasteiger partial charge in [0.05, 0.1) is 5.41 Å². The van der Waals surface area contributed by atoms with E-state index in [1.54, 1.807) is 12.1 Å². The first-order chi connectivity index (χ1) is 9.80. The maximum absolute atomic E-state index is 9.56. The van der Waals surface area contributed by atoms with Crippen LogP contribution in [-0.2, 0) is 5.41 Å². The Morgan fingerprint density at radius 3 is 2.65 bits per heavy atom. The fraction of sp³-hybridized carbons (Fsp3) is 0.333. The molecule has 0 saturated heterocycles. The van der Waals surface area contributed by atoms with Crippen molar-refractivity contribution in [1.29, 1.82) is 0 Å². The Morgan fingerprint density at radius 1 is 1.00 bits per heavy atom. The third-order valence-corrected chi connectivity index (χ3v) is 4.86. The van der Waals surface area contributed by atoms with Crippen LogP contribution in [0.1, 0.15) is 36.8 Å². The molecule has 1 N–H and O–H groups in total. The van der Waals surface area contributed by atoms with Crippen molar-refractivity contribution in [2.45, 2.75) is 37.2 Å². The molecule has 1 aliphatic carbocycles. The Hall–Kier alpha value is -1.96. The van der Waals surface area contributed by atoms with Gasteiger partial charge in [-0.25, -0.2) is 0 Å². The molecule has 0 spiro atoms. The van der Waals surface area contributed by atoms with Crippen LogP contribution in [0.5, 0.6) is 11.5 Å². The topological polar surface area (TPSA) is 29.5 Å². The lowest BCUT2D eigenvalue weighted by Crippen LogP contribution is -2.41. The summed E-state index contributed by atoms with van der Waals surface area (Å²) < 4.78 is 6.24. The van der Waals surface area contributed by atoms with Crippen LogP contribution >= 0.6 is 0 Å². The van der Waals surface area contributed by atoms with Gasteiger partial charge in [-0.1, -0.05) is 36.8 Å². The average molecular weight is 266 g/mol. The van der Waals surface area contributed by atoms with Gasteiger partial charge in [0, 0.05) is 5.56 Å². The van der Waals surface area contributed by atoms with Gasteiger partial charge >= 0.3 is 0 Å². The second kappa shape index (κ2) is 4.27. The molecule has 20 heavy (non-hydrogen) atoms. The molecule has 2 aliphatic rings. The molecule has 1 aliphatic heterocycles. The summed E-state index contributed by atoms with van der Waals surface area (Å²) in [7, 11) is 0. The normalized spacial score (nSPS) is 27.5. The van der Waals surface area contributed by atoms with Gasteiger partial charge in [0.2, 0.25) is 0 Å². The third-order valence-electron chi connectivity index (χ3n) is 4.86. The standard InChI is InChI=1S/C18H18O2/c19-14-10-8-13(9-11-14)18-12-4-3-7-17(18)20-16-6-2-1-5-15(16)18/h1-2,5-6,8-11,17,19H,3-4,7,12H2. The van der Waals surface area contributed by atoms with Gasteiger partial charge in [-0.2, -0.15) is 0 Å². The SMILES string of the molecule is Oc1ccc(C23CCCCC2Oc2ccccc23)cc1. The number of phenols is 1. The molecule has 2 unspecified atom stereocenters. The molecular formula is C18H18O2. The van der Waals surface area contributed by atoms with E-state index in [1.165, 1.54) is 24.0 Å². The van der Waals surface area contributed by atoms with Crippen LogP contribution in [0.3, 0.4) is 0 Å². The molecule has 2 aromatic rings. The molecule has 0 amide bonds. The summed E-state index contributed by atoms with van der Waals surface area (Å²) in [6, 6.07) is 16.1. The lowest BCUT2D eigenvalue weighted by molar-refractivity contribution is 0.123. The van der Waals surface area contributed by atoms with Crippen molar-refractivity contribution < 1.29 is 9.84 Å². The Morgan fingerprint density at radius 2 is 1.80 bits per heavy atom. The minimum absolute atomic E-state index is 0.0253. The van der Waals surface area contributed by atoms with Crippen LogP contribution in [0.2, 0.25) is 0 Å². The van der Waals surface area contributed by atoms with E-state index < -0.39 is 0 Å². The van der Waals surface area contributed by atoms with Gasteiger partial charge in [-0.3, -0.25) is 0 Å². The largest absolute Gasteiger partial charge is 0.508 e. The zero-order valence-corrected chi connectivity index (χ0v) is 11.4. The predicted octanol–water partition coefficient (Wildman–Crippen LogP) is 4.01. The van der Waals surface area contributed by atoms with Crippen LogP contribution in [-0.4, -0.2) is 11.2 Å². The van der Waals surface area contributed by atoms with Crippen molar-refractivity contribution >= 4 is 0 Å². The van der Waals surface area contributed by atoms with Gasteiger partial charge in [-0.15, -0.1) is 0 Å². The maximum Gasteiger partial charge on any atom is 0.124 e. The summed E-state index contributed by atoms with van der Waals surface area (Å²) in [6.45, 7) is 0. The van der Waals surface area contributed by atoms with Crippen molar-refractivity contribution in [3.8, 4) is 11.5 Å². The van der Waals surface area contributed by atoms with Gasteiger partial charge in [0.15, 0.2) is 0 Å². The highest BCUT2D eigenvalue weighted by molar-refractivity contribution is 5.53. The number of hydrogen-bond acceptors (Lipinski definition) is 2. The quantitative estimate of drug-likeness (QED) is 0.845. The first kappa shape index (κ1) is 11.8. The number of para-hydroxylation sites is 1. The molecule has 2 atom stereocenters. The summed E-state index contributed by atoms with van der Waals surface area (Å²) in [5, 5.41) is 9.56. The minimum atomic E-state index is -0.0253. The molecule has 2 nitrogen and oxygen atoms in total. The maximum atomic E-state index is 9.56. The van der Waals surface area contributed by atoms with E-state index in [9.17, 15) is 5.11 Å². The van der Waals surface area contributed by atoms with E-state index in [0.29, 0.717) is 5.75 Å². The molecule has 0 bridgehead atoms. The zero-order chi connectivity index (χ0) is 13.6. The lowest BCUT2D eigenvalue weighted by Gasteiger charge is -2.38. The molecule has 2 aromatic carbocycles. The van der Waals surface area contributed by atoms with Gasteiger partial charge in [0.1, 0.15) is 17.6 Å². The van der Waals surface area contributed by atoms with E-state index in [2.05, 4.69) is 30.3 Å². The summed E-state index contributed by atoms with van der Waals surface area (Å²) in [5.41, 5.74) is 2.56. The molecule has 4 rings (SSSR count). The summed E-state index contributed by atoms with van der Waals surface area (Å²) in [5.74, 6) is 1.36. The number of fused-ring (bicyclic) bond motifs is 3. The Balaban J connectivity index is 1.92. The summed E-state index contributed by atoms with van der Waals surface area (Å²) in [6.07, 6.45) is 4.93. The van der Waals surface area contributed by atoms with Crippen molar-refractivity contribution in [2.75, 3.05) is 0 Å². The number of rotatable bonds is 1. The van der Waals surface area contributed by atoms with Crippen molar-refractivity contribution in [3.05, 3.63) is 59.7 Å². The van der Waals surface area contributed by atoms with Crippen LogP contribution in [0.15, 0.2) is 48.5 Å². The molecular weight excluding hydrogens is 248 g/mol. The number of benzene rings is 2. The Labute approximate surface area is 119 Å². The highest BCUT2D eigenvalue weighted by Crippen LogP contribution is 2.53.